The minimum atomic E-state index is 0.558. The highest BCUT2D eigenvalue weighted by Crippen LogP contribution is 2.13. The van der Waals surface area contributed by atoms with Gasteiger partial charge in [-0.25, -0.2) is 0 Å². The number of hydrogen-bond donors (Lipinski definition) is 2. The largest absolute Gasteiger partial charge is 0.357 e. The van der Waals surface area contributed by atoms with Crippen molar-refractivity contribution >= 4 is 34.6 Å². The number of halogens is 1. The summed E-state index contributed by atoms with van der Waals surface area (Å²) < 4.78 is 1.76. The third kappa shape index (κ3) is 3.72. The number of aryl methyl sites for hydroxylation is 1. The van der Waals surface area contributed by atoms with Crippen molar-refractivity contribution in [2.75, 3.05) is 5.32 Å². The average molecular weight is 281 g/mol. The van der Waals surface area contributed by atoms with E-state index in [9.17, 15) is 0 Å². The van der Waals surface area contributed by atoms with Crippen LogP contribution in [-0.4, -0.2) is 14.9 Å². The Labute approximate surface area is 116 Å². The summed E-state index contributed by atoms with van der Waals surface area (Å²) in [5.41, 5.74) is 1.84. The topological polar surface area (TPSA) is 41.9 Å². The van der Waals surface area contributed by atoms with Crippen LogP contribution >= 0.6 is 23.8 Å². The maximum absolute atomic E-state index is 5.80. The first kappa shape index (κ1) is 12.9. The highest BCUT2D eigenvalue weighted by Gasteiger charge is 2.00. The van der Waals surface area contributed by atoms with Crippen LogP contribution in [0.4, 0.5) is 5.69 Å². The first-order valence-electron chi connectivity index (χ1n) is 5.42. The van der Waals surface area contributed by atoms with Crippen LogP contribution in [0.2, 0.25) is 5.02 Å². The van der Waals surface area contributed by atoms with Crippen LogP contribution in [0, 0.1) is 0 Å². The number of rotatable bonds is 3. The van der Waals surface area contributed by atoms with Crippen LogP contribution in [0.25, 0.3) is 0 Å². The molecule has 1 heterocycles. The molecule has 0 spiro atoms. The van der Waals surface area contributed by atoms with Crippen LogP contribution in [0.3, 0.4) is 0 Å². The van der Waals surface area contributed by atoms with Gasteiger partial charge in [-0.2, -0.15) is 5.10 Å². The maximum atomic E-state index is 5.80. The third-order valence-corrected chi connectivity index (χ3v) is 2.80. The third-order valence-electron chi connectivity index (χ3n) is 2.30. The van der Waals surface area contributed by atoms with Gasteiger partial charge in [0.05, 0.1) is 12.2 Å². The van der Waals surface area contributed by atoms with Crippen LogP contribution < -0.4 is 10.6 Å². The predicted octanol–water partition coefficient (Wildman–Crippen LogP) is 2.56. The fraction of sp³-hybridized carbons (Fsp3) is 0.167. The highest BCUT2D eigenvalue weighted by atomic mass is 35.5. The van der Waals surface area contributed by atoms with Gasteiger partial charge in [-0.15, -0.1) is 0 Å². The van der Waals surface area contributed by atoms with Gasteiger partial charge in [-0.3, -0.25) is 4.68 Å². The molecule has 0 fully saturated rings. The van der Waals surface area contributed by atoms with E-state index in [1.54, 1.807) is 4.68 Å². The smallest absolute Gasteiger partial charge is 0.171 e. The van der Waals surface area contributed by atoms with Crippen molar-refractivity contribution < 1.29 is 0 Å². The zero-order valence-electron chi connectivity index (χ0n) is 9.85. The summed E-state index contributed by atoms with van der Waals surface area (Å²) in [6.07, 6.45) is 1.90. The molecule has 0 aliphatic heterocycles. The lowest BCUT2D eigenvalue weighted by molar-refractivity contribution is 0.731. The van der Waals surface area contributed by atoms with Crippen molar-refractivity contribution in [3.63, 3.8) is 0 Å². The van der Waals surface area contributed by atoms with E-state index in [-0.39, 0.29) is 0 Å². The van der Waals surface area contributed by atoms with Gasteiger partial charge in [-0.1, -0.05) is 11.6 Å². The quantitative estimate of drug-likeness (QED) is 0.848. The molecule has 0 unspecified atom stereocenters. The Kier molecular flexibility index (Phi) is 4.17. The normalized spacial score (nSPS) is 10.1. The molecule has 0 saturated heterocycles. The molecular formula is C12H13ClN4S. The molecule has 2 N–H and O–H groups in total. The van der Waals surface area contributed by atoms with Gasteiger partial charge in [0.25, 0.3) is 0 Å². The van der Waals surface area contributed by atoms with Crippen molar-refractivity contribution in [2.45, 2.75) is 6.54 Å². The van der Waals surface area contributed by atoms with Crippen LogP contribution in [0.1, 0.15) is 5.69 Å². The molecule has 0 amide bonds. The minimum absolute atomic E-state index is 0.558. The fourth-order valence-electron chi connectivity index (χ4n) is 1.44. The summed E-state index contributed by atoms with van der Waals surface area (Å²) in [6.45, 7) is 0.597. The lowest BCUT2D eigenvalue weighted by Gasteiger charge is -2.09. The van der Waals surface area contributed by atoms with E-state index in [2.05, 4.69) is 15.7 Å². The molecule has 0 bridgehead atoms. The van der Waals surface area contributed by atoms with Crippen molar-refractivity contribution in [1.29, 1.82) is 0 Å². The second-order valence-electron chi connectivity index (χ2n) is 3.80. The Hall–Kier alpha value is -1.59. The Morgan fingerprint density at radius 3 is 2.67 bits per heavy atom. The van der Waals surface area contributed by atoms with Crippen molar-refractivity contribution in [3.8, 4) is 0 Å². The number of anilines is 1. The number of nitrogens with one attached hydrogen (secondary N) is 2. The summed E-state index contributed by atoms with van der Waals surface area (Å²) in [5.74, 6) is 0. The molecule has 1 aromatic carbocycles. The van der Waals surface area contributed by atoms with E-state index < -0.39 is 0 Å². The van der Waals surface area contributed by atoms with E-state index in [4.69, 9.17) is 23.8 Å². The predicted molar refractivity (Wildman–Crippen MR) is 77.7 cm³/mol. The summed E-state index contributed by atoms with van der Waals surface area (Å²) >= 11 is 11.0. The van der Waals surface area contributed by atoms with Gasteiger partial charge in [-0.05, 0) is 42.5 Å². The first-order chi connectivity index (χ1) is 8.63. The molecule has 4 nitrogen and oxygen atoms in total. The molecule has 18 heavy (non-hydrogen) atoms. The highest BCUT2D eigenvalue weighted by molar-refractivity contribution is 7.80. The Balaban J connectivity index is 1.83. The van der Waals surface area contributed by atoms with E-state index >= 15 is 0 Å². The minimum Gasteiger partial charge on any atom is -0.357 e. The van der Waals surface area contributed by atoms with E-state index in [0.717, 1.165) is 11.4 Å². The number of benzene rings is 1. The van der Waals surface area contributed by atoms with Crippen molar-refractivity contribution in [1.82, 2.24) is 15.1 Å². The molecule has 94 valence electrons. The number of hydrogen-bond acceptors (Lipinski definition) is 2. The Morgan fingerprint density at radius 2 is 2.06 bits per heavy atom. The van der Waals surface area contributed by atoms with Crippen LogP contribution in [-0.2, 0) is 13.6 Å². The summed E-state index contributed by atoms with van der Waals surface area (Å²) in [7, 11) is 1.88. The lowest BCUT2D eigenvalue weighted by Crippen LogP contribution is -2.28. The molecule has 0 radical (unpaired) electrons. The fourth-order valence-corrected chi connectivity index (χ4v) is 1.75. The zero-order chi connectivity index (χ0) is 13.0. The maximum Gasteiger partial charge on any atom is 0.171 e. The first-order valence-corrected chi connectivity index (χ1v) is 6.21. The standard InChI is InChI=1S/C12H13ClN4S/c1-17-7-6-11(16-17)8-14-12(18)15-10-4-2-9(13)3-5-10/h2-7H,8H2,1H3,(H2,14,15,18). The van der Waals surface area contributed by atoms with Gasteiger partial charge in [0.15, 0.2) is 5.11 Å². The van der Waals surface area contributed by atoms with Gasteiger partial charge in [0, 0.05) is 24.0 Å². The van der Waals surface area contributed by atoms with E-state index in [1.807, 2.05) is 43.6 Å². The SMILES string of the molecule is Cn1ccc(CNC(=S)Nc2ccc(Cl)cc2)n1. The molecule has 2 rings (SSSR count). The molecule has 2 aromatic rings. The molecular weight excluding hydrogens is 268 g/mol. The summed E-state index contributed by atoms with van der Waals surface area (Å²) in [4.78, 5) is 0. The van der Waals surface area contributed by atoms with Crippen LogP contribution in [0.15, 0.2) is 36.5 Å². The van der Waals surface area contributed by atoms with E-state index in [0.29, 0.717) is 16.7 Å². The molecule has 0 aliphatic rings. The molecule has 0 saturated carbocycles. The van der Waals surface area contributed by atoms with Gasteiger partial charge < -0.3 is 10.6 Å². The van der Waals surface area contributed by atoms with Gasteiger partial charge >= 0.3 is 0 Å². The molecule has 0 atom stereocenters. The van der Waals surface area contributed by atoms with Crippen molar-refractivity contribution in [2.24, 2.45) is 7.05 Å². The second kappa shape index (κ2) is 5.84. The monoisotopic (exact) mass is 280 g/mol. The van der Waals surface area contributed by atoms with Gasteiger partial charge in [0.2, 0.25) is 0 Å². The van der Waals surface area contributed by atoms with E-state index in [1.165, 1.54) is 0 Å². The van der Waals surface area contributed by atoms with Crippen molar-refractivity contribution in [3.05, 3.63) is 47.2 Å². The second-order valence-corrected chi connectivity index (χ2v) is 4.64. The summed E-state index contributed by atoms with van der Waals surface area (Å²) in [5, 5.41) is 11.7. The number of nitrogens with zero attached hydrogens (tertiary/aromatic N) is 2. The van der Waals surface area contributed by atoms with Gasteiger partial charge in [0.1, 0.15) is 0 Å². The number of thiocarbonyl (C=S) groups is 1. The Bertz CT molecular complexity index is 535. The Morgan fingerprint density at radius 1 is 1.33 bits per heavy atom. The molecule has 0 aliphatic carbocycles. The zero-order valence-corrected chi connectivity index (χ0v) is 11.4. The van der Waals surface area contributed by atoms with Crippen LogP contribution in [0.5, 0.6) is 0 Å². The lowest BCUT2D eigenvalue weighted by atomic mass is 10.3. The molecule has 1 aromatic heterocycles. The molecule has 6 heteroatoms. The summed E-state index contributed by atoms with van der Waals surface area (Å²) in [6, 6.07) is 9.31. The number of aromatic nitrogens is 2. The average Bonchev–Trinajstić information content (AvgIpc) is 2.76.